The van der Waals surface area contributed by atoms with Gasteiger partial charge in [0.05, 0.1) is 6.61 Å². The fourth-order valence-corrected chi connectivity index (χ4v) is 0.823. The van der Waals surface area contributed by atoms with Crippen molar-refractivity contribution in [3.8, 4) is 0 Å². The molecule has 7 nitrogen and oxygen atoms in total. The van der Waals surface area contributed by atoms with Gasteiger partial charge in [0.2, 0.25) is 5.76 Å². The minimum atomic E-state index is -1.42. The molecule has 0 fully saturated rings. The Morgan fingerprint density at radius 1 is 1.62 bits per heavy atom. The first-order valence-electron chi connectivity index (χ1n) is 4.25. The Morgan fingerprint density at radius 3 is 2.31 bits per heavy atom. The van der Waals surface area contributed by atoms with Crippen molar-refractivity contribution in [3.05, 3.63) is 23.9 Å². The lowest BCUT2D eigenvalue weighted by Crippen LogP contribution is -2.31. The average molecular weight is 233 g/mol. The molecule has 0 aromatic heterocycles. The number of ether oxygens (including phenoxy) is 1. The van der Waals surface area contributed by atoms with Gasteiger partial charge in [0.15, 0.2) is 11.9 Å². The third kappa shape index (κ3) is 3.79. The highest BCUT2D eigenvalue weighted by atomic mass is 16.6. The van der Waals surface area contributed by atoms with Crippen LogP contribution in [0.1, 0.15) is 6.92 Å². The molecule has 0 bridgehead atoms. The van der Waals surface area contributed by atoms with E-state index in [1.165, 1.54) is 6.92 Å². The van der Waals surface area contributed by atoms with Crippen LogP contribution in [0, 0.1) is 0 Å². The van der Waals surface area contributed by atoms with Crippen molar-refractivity contribution in [2.75, 3.05) is 6.61 Å². The van der Waals surface area contributed by atoms with Gasteiger partial charge in [-0.3, -0.25) is 0 Å². The molecule has 1 heterocycles. The van der Waals surface area contributed by atoms with Crippen molar-refractivity contribution < 1.29 is 35.1 Å². The predicted octanol–water partition coefficient (Wildman–Crippen LogP) is -1.53. The third-order valence-electron chi connectivity index (χ3n) is 1.48. The number of esters is 1. The van der Waals surface area contributed by atoms with Crippen LogP contribution < -0.4 is 5.11 Å². The zero-order valence-corrected chi connectivity index (χ0v) is 8.58. The zero-order valence-electron chi connectivity index (χ0n) is 8.58. The number of carbonyl (C=O) groups is 1. The molecule has 0 unspecified atom stereocenters. The van der Waals surface area contributed by atoms with Gasteiger partial charge < -0.3 is 30.3 Å². The molecule has 0 aromatic rings. The van der Waals surface area contributed by atoms with E-state index in [0.717, 1.165) is 0 Å². The Morgan fingerprint density at radius 2 is 2.06 bits per heavy atom. The molecule has 7 heteroatoms. The predicted molar refractivity (Wildman–Crippen MR) is 50.1 cm³/mol. The Balaban J connectivity index is 0.000000487. The lowest BCUT2D eigenvalue weighted by molar-refractivity contribution is -0.300. The minimum Gasteiger partial charge on any atom is -0.876 e. The van der Waals surface area contributed by atoms with Gasteiger partial charge in [-0.25, -0.2) is 4.79 Å². The van der Waals surface area contributed by atoms with E-state index in [2.05, 4.69) is 11.3 Å². The summed E-state index contributed by atoms with van der Waals surface area (Å²) in [5, 5.41) is 44.4. The van der Waals surface area contributed by atoms with Crippen LogP contribution in [0.2, 0.25) is 0 Å². The highest BCUT2D eigenvalue weighted by Crippen LogP contribution is 2.20. The van der Waals surface area contributed by atoms with Crippen LogP contribution in [0.4, 0.5) is 0 Å². The van der Waals surface area contributed by atoms with Crippen LogP contribution in [0.15, 0.2) is 23.9 Å². The van der Waals surface area contributed by atoms with Crippen LogP contribution in [-0.4, -0.2) is 45.2 Å². The maximum Gasteiger partial charge on any atom is 0.377 e. The highest BCUT2D eigenvalue weighted by molar-refractivity contribution is 5.89. The van der Waals surface area contributed by atoms with Crippen molar-refractivity contribution >= 4 is 5.97 Å². The lowest BCUT2D eigenvalue weighted by Gasteiger charge is -2.13. The molecular formula is C9H13O7-. The van der Waals surface area contributed by atoms with Gasteiger partial charge in [-0.15, -0.1) is 12.3 Å². The lowest BCUT2D eigenvalue weighted by atomic mass is 10.2. The fraction of sp³-hybridized carbons (Fsp3) is 0.444. The fourth-order valence-electron chi connectivity index (χ4n) is 0.823. The molecule has 0 saturated carbocycles. The van der Waals surface area contributed by atoms with Gasteiger partial charge in [-0.05, 0) is 0 Å². The van der Waals surface area contributed by atoms with E-state index >= 15 is 0 Å². The molecule has 1 aliphatic rings. The van der Waals surface area contributed by atoms with Crippen molar-refractivity contribution in [2.24, 2.45) is 0 Å². The normalized spacial score (nSPS) is 20.9. The molecule has 92 valence electrons. The summed E-state index contributed by atoms with van der Waals surface area (Å²) in [4.78, 5) is 10.5. The maximum atomic E-state index is 10.5. The Hall–Kier alpha value is -1.73. The summed E-state index contributed by atoms with van der Waals surface area (Å²) in [6.45, 7) is 3.75. The quantitative estimate of drug-likeness (QED) is 0.336. The molecule has 4 N–H and O–H groups in total. The first kappa shape index (κ1) is 14.3. The van der Waals surface area contributed by atoms with E-state index in [9.17, 15) is 9.90 Å². The van der Waals surface area contributed by atoms with E-state index in [0.29, 0.717) is 0 Å². The van der Waals surface area contributed by atoms with Gasteiger partial charge in [0, 0.05) is 0 Å². The van der Waals surface area contributed by atoms with Crippen LogP contribution in [-0.2, 0) is 9.53 Å². The van der Waals surface area contributed by atoms with E-state index in [4.69, 9.17) is 20.4 Å². The Labute approximate surface area is 91.5 Å². The monoisotopic (exact) mass is 233 g/mol. The molecule has 0 spiro atoms. The molecule has 1 rings (SSSR count). The second kappa shape index (κ2) is 5.99. The number of hydrogen-bond donors (Lipinski definition) is 4. The average Bonchev–Trinajstić information content (AvgIpc) is 2.44. The molecule has 0 radical (unpaired) electrons. The van der Waals surface area contributed by atoms with Crippen LogP contribution in [0.5, 0.6) is 0 Å². The number of carbonyl (C=O) groups excluding carboxylic acids is 1. The summed E-state index contributed by atoms with van der Waals surface area (Å²) >= 11 is 0. The Bertz CT molecular complexity index is 303. The van der Waals surface area contributed by atoms with Crippen LogP contribution in [0.3, 0.4) is 0 Å². The van der Waals surface area contributed by atoms with E-state index in [1.54, 1.807) is 0 Å². The number of rotatable bonds is 2. The van der Waals surface area contributed by atoms with Crippen molar-refractivity contribution in [1.82, 2.24) is 0 Å². The van der Waals surface area contributed by atoms with E-state index in [-0.39, 0.29) is 5.76 Å². The van der Waals surface area contributed by atoms with Crippen LogP contribution in [0.25, 0.3) is 0 Å². The maximum absolute atomic E-state index is 10.5. The van der Waals surface area contributed by atoms with Gasteiger partial charge in [-0.2, -0.15) is 0 Å². The minimum absolute atomic E-state index is 0.0833. The standard InChI is InChI=1S/C6H8O6.C3H6O/c7-1-2(8)5-3(9)4(10)6(11)12-5;1-3(2)4/h2,5,7-10H,1H2;4H,1H2,2H3/p-1/t2-,5+;/m0./s1. The molecule has 0 aromatic carbocycles. The third-order valence-corrected chi connectivity index (χ3v) is 1.48. The van der Waals surface area contributed by atoms with Gasteiger partial charge in [-0.1, -0.05) is 6.92 Å². The van der Waals surface area contributed by atoms with Crippen molar-refractivity contribution in [3.63, 3.8) is 0 Å². The van der Waals surface area contributed by atoms with Gasteiger partial charge in [0.1, 0.15) is 6.10 Å². The van der Waals surface area contributed by atoms with Gasteiger partial charge in [0.25, 0.3) is 0 Å². The molecule has 16 heavy (non-hydrogen) atoms. The summed E-state index contributed by atoms with van der Waals surface area (Å²) in [6, 6.07) is 0. The smallest absolute Gasteiger partial charge is 0.377 e. The first-order chi connectivity index (χ1) is 7.31. The molecule has 0 amide bonds. The van der Waals surface area contributed by atoms with E-state index in [1.807, 2.05) is 0 Å². The number of aliphatic hydroxyl groups excluding tert-OH is 4. The first-order valence-corrected chi connectivity index (χ1v) is 4.25. The number of hydrogen-bond acceptors (Lipinski definition) is 7. The van der Waals surface area contributed by atoms with Crippen molar-refractivity contribution in [2.45, 2.75) is 19.1 Å². The number of aliphatic hydroxyl groups is 4. The highest BCUT2D eigenvalue weighted by Gasteiger charge is 2.38. The second-order valence-corrected chi connectivity index (χ2v) is 3.01. The largest absolute Gasteiger partial charge is 0.876 e. The number of cyclic esters (lactones) is 1. The topological polar surface area (TPSA) is 130 Å². The second-order valence-electron chi connectivity index (χ2n) is 3.01. The molecule has 1 aliphatic heterocycles. The molecule has 0 saturated heterocycles. The van der Waals surface area contributed by atoms with Crippen molar-refractivity contribution in [1.29, 1.82) is 0 Å². The zero-order chi connectivity index (χ0) is 12.9. The summed E-state index contributed by atoms with van der Waals surface area (Å²) in [7, 11) is 0. The Kier molecular flexibility index (Phi) is 5.34. The summed E-state index contributed by atoms with van der Waals surface area (Å²) < 4.78 is 4.32. The summed E-state index contributed by atoms with van der Waals surface area (Å²) in [5.74, 6) is -2.86. The SMILES string of the molecule is C=C(C)[O-].O=C1O[C@H]([C@@H](O)CO)C(O)=C1O. The molecular weight excluding hydrogens is 220 g/mol. The molecule has 2 atom stereocenters. The number of allylic oxidation sites excluding steroid dienone is 1. The van der Waals surface area contributed by atoms with Gasteiger partial charge >= 0.3 is 5.97 Å². The summed E-state index contributed by atoms with van der Waals surface area (Å²) in [6.07, 6.45) is -2.78. The van der Waals surface area contributed by atoms with E-state index < -0.39 is 36.3 Å². The van der Waals surface area contributed by atoms with Crippen LogP contribution >= 0.6 is 0 Å². The molecule has 0 aliphatic carbocycles. The summed E-state index contributed by atoms with van der Waals surface area (Å²) in [5.41, 5.74) is 0.